The van der Waals surface area contributed by atoms with Crippen LogP contribution in [0, 0.1) is 15.2 Å². The zero-order valence-corrected chi connectivity index (χ0v) is 13.1. The number of hydrogen-bond donors (Lipinski definition) is 1. The molecule has 2 rings (SSSR count). The van der Waals surface area contributed by atoms with E-state index >= 15 is 0 Å². The molecule has 2 aromatic carbocycles. The molecule has 0 radical (unpaired) electrons. The zero-order chi connectivity index (χ0) is 14.0. The lowest BCUT2D eigenvalue weighted by Gasteiger charge is -2.09. The molecular formula is C13H7BrF2INO. The van der Waals surface area contributed by atoms with Crippen LogP contribution in [0.25, 0.3) is 0 Å². The Morgan fingerprint density at radius 3 is 2.32 bits per heavy atom. The normalized spacial score (nSPS) is 10.3. The van der Waals surface area contributed by atoms with Crippen molar-refractivity contribution in [3.8, 4) is 0 Å². The Hall–Kier alpha value is -1.02. The molecule has 0 heterocycles. The summed E-state index contributed by atoms with van der Waals surface area (Å²) in [6.45, 7) is 0. The maximum atomic E-state index is 13.6. The molecule has 0 aliphatic carbocycles. The molecule has 1 amide bonds. The van der Waals surface area contributed by atoms with Crippen LogP contribution in [0.3, 0.4) is 0 Å². The lowest BCUT2D eigenvalue weighted by atomic mass is 10.2. The second kappa shape index (κ2) is 5.96. The first-order valence-corrected chi connectivity index (χ1v) is 7.06. The van der Waals surface area contributed by atoms with Crippen LogP contribution in [-0.4, -0.2) is 5.91 Å². The molecule has 2 nitrogen and oxygen atoms in total. The van der Waals surface area contributed by atoms with Crippen molar-refractivity contribution in [3.05, 3.63) is 61.6 Å². The predicted molar refractivity (Wildman–Crippen MR) is 81.2 cm³/mol. The van der Waals surface area contributed by atoms with Crippen molar-refractivity contribution in [2.45, 2.75) is 0 Å². The van der Waals surface area contributed by atoms with Crippen molar-refractivity contribution >= 4 is 50.1 Å². The Balaban J connectivity index is 2.32. The molecule has 0 bridgehead atoms. The molecule has 0 aliphatic heterocycles. The average Bonchev–Trinajstić information content (AvgIpc) is 2.34. The fourth-order valence-electron chi connectivity index (χ4n) is 1.49. The van der Waals surface area contributed by atoms with Crippen molar-refractivity contribution in [1.29, 1.82) is 0 Å². The van der Waals surface area contributed by atoms with Crippen LogP contribution in [0.15, 0.2) is 40.9 Å². The van der Waals surface area contributed by atoms with Crippen molar-refractivity contribution < 1.29 is 13.6 Å². The number of carbonyl (C=O) groups excluding carboxylic acids is 1. The van der Waals surface area contributed by atoms with Crippen molar-refractivity contribution in [3.63, 3.8) is 0 Å². The highest BCUT2D eigenvalue weighted by molar-refractivity contribution is 14.1. The van der Waals surface area contributed by atoms with Crippen LogP contribution in [-0.2, 0) is 0 Å². The van der Waals surface area contributed by atoms with Gasteiger partial charge in [0, 0.05) is 8.04 Å². The van der Waals surface area contributed by atoms with Gasteiger partial charge < -0.3 is 5.32 Å². The molecule has 0 aliphatic rings. The van der Waals surface area contributed by atoms with E-state index in [4.69, 9.17) is 0 Å². The second-order valence-corrected chi connectivity index (χ2v) is 5.76. The maximum absolute atomic E-state index is 13.6. The molecule has 0 saturated heterocycles. The van der Waals surface area contributed by atoms with Gasteiger partial charge in [0.15, 0.2) is 11.6 Å². The van der Waals surface area contributed by atoms with Gasteiger partial charge in [-0.25, -0.2) is 8.78 Å². The van der Waals surface area contributed by atoms with E-state index in [9.17, 15) is 13.6 Å². The largest absolute Gasteiger partial charge is 0.317 e. The first kappa shape index (κ1) is 14.4. The SMILES string of the molecule is O=C(Nc1c(F)cc(Br)cc1F)c1ccccc1I. The van der Waals surface area contributed by atoms with Gasteiger partial charge in [-0.05, 0) is 46.9 Å². The quantitative estimate of drug-likeness (QED) is 0.684. The number of halogens is 4. The molecule has 0 fully saturated rings. The summed E-state index contributed by atoms with van der Waals surface area (Å²) in [5.74, 6) is -2.21. The summed E-state index contributed by atoms with van der Waals surface area (Å²) in [5, 5.41) is 2.25. The smallest absolute Gasteiger partial charge is 0.256 e. The van der Waals surface area contributed by atoms with E-state index in [-0.39, 0.29) is 4.47 Å². The van der Waals surface area contributed by atoms with Crippen LogP contribution < -0.4 is 5.32 Å². The molecule has 0 unspecified atom stereocenters. The van der Waals surface area contributed by atoms with Gasteiger partial charge in [-0.15, -0.1) is 0 Å². The van der Waals surface area contributed by atoms with Gasteiger partial charge in [0.05, 0.1) is 5.56 Å². The van der Waals surface area contributed by atoms with E-state index < -0.39 is 23.2 Å². The van der Waals surface area contributed by atoms with Crippen LogP contribution in [0.2, 0.25) is 0 Å². The third-order valence-corrected chi connectivity index (χ3v) is 3.76. The summed E-state index contributed by atoms with van der Waals surface area (Å²) in [6.07, 6.45) is 0. The van der Waals surface area contributed by atoms with Gasteiger partial charge in [0.1, 0.15) is 5.69 Å². The summed E-state index contributed by atoms with van der Waals surface area (Å²) < 4.78 is 28.2. The van der Waals surface area contributed by atoms with Crippen LogP contribution in [0.5, 0.6) is 0 Å². The Kier molecular flexibility index (Phi) is 4.51. The lowest BCUT2D eigenvalue weighted by Crippen LogP contribution is -2.15. The first-order chi connectivity index (χ1) is 8.99. The number of hydrogen-bond acceptors (Lipinski definition) is 1. The van der Waals surface area contributed by atoms with E-state index in [2.05, 4.69) is 21.2 Å². The molecule has 6 heteroatoms. The molecule has 1 N–H and O–H groups in total. The zero-order valence-electron chi connectivity index (χ0n) is 9.38. The molecule has 0 aromatic heterocycles. The number of rotatable bonds is 2. The minimum atomic E-state index is -0.828. The molecule has 98 valence electrons. The highest BCUT2D eigenvalue weighted by Gasteiger charge is 2.16. The summed E-state index contributed by atoms with van der Waals surface area (Å²) in [5.41, 5.74) is -0.0855. The molecule has 0 spiro atoms. The molecular weight excluding hydrogens is 431 g/mol. The van der Waals surface area contributed by atoms with E-state index in [1.807, 2.05) is 22.6 Å². The molecule has 0 saturated carbocycles. The summed E-state index contributed by atoms with van der Waals surface area (Å²) in [6, 6.07) is 8.98. The second-order valence-electron chi connectivity index (χ2n) is 3.68. The fourth-order valence-corrected chi connectivity index (χ4v) is 2.52. The number of anilines is 1. The highest BCUT2D eigenvalue weighted by Crippen LogP contribution is 2.24. The third-order valence-electron chi connectivity index (χ3n) is 2.36. The standard InChI is InChI=1S/C13H7BrF2INO/c14-7-5-9(15)12(10(16)6-7)18-13(19)8-3-1-2-4-11(8)17/h1-6H,(H,18,19). The topological polar surface area (TPSA) is 29.1 Å². The fraction of sp³-hybridized carbons (Fsp3) is 0. The number of benzene rings is 2. The predicted octanol–water partition coefficient (Wildman–Crippen LogP) is 4.58. The Morgan fingerprint density at radius 1 is 1.16 bits per heavy atom. The number of nitrogens with one attached hydrogen (secondary N) is 1. The number of carbonyl (C=O) groups is 1. The van der Waals surface area contributed by atoms with Gasteiger partial charge in [-0.1, -0.05) is 28.1 Å². The average molecular weight is 438 g/mol. The first-order valence-electron chi connectivity index (χ1n) is 5.19. The van der Waals surface area contributed by atoms with Gasteiger partial charge >= 0.3 is 0 Å². The monoisotopic (exact) mass is 437 g/mol. The molecule has 2 aromatic rings. The van der Waals surface area contributed by atoms with Gasteiger partial charge in [0.2, 0.25) is 0 Å². The van der Waals surface area contributed by atoms with Gasteiger partial charge in [-0.3, -0.25) is 4.79 Å². The Morgan fingerprint density at radius 2 is 1.74 bits per heavy atom. The maximum Gasteiger partial charge on any atom is 0.256 e. The van der Waals surface area contributed by atoms with Crippen molar-refractivity contribution in [2.24, 2.45) is 0 Å². The third kappa shape index (κ3) is 3.30. The minimum absolute atomic E-state index is 0.273. The van der Waals surface area contributed by atoms with Crippen LogP contribution in [0.1, 0.15) is 10.4 Å². The van der Waals surface area contributed by atoms with E-state index in [1.54, 1.807) is 24.3 Å². The van der Waals surface area contributed by atoms with E-state index in [0.29, 0.717) is 9.13 Å². The Labute approximate surface area is 130 Å². The van der Waals surface area contributed by atoms with Crippen molar-refractivity contribution in [2.75, 3.05) is 5.32 Å². The van der Waals surface area contributed by atoms with Crippen LogP contribution >= 0.6 is 38.5 Å². The summed E-state index contributed by atoms with van der Waals surface area (Å²) in [4.78, 5) is 12.0. The van der Waals surface area contributed by atoms with Gasteiger partial charge in [-0.2, -0.15) is 0 Å². The van der Waals surface area contributed by atoms with Gasteiger partial charge in [0.25, 0.3) is 5.91 Å². The van der Waals surface area contributed by atoms with E-state index in [1.165, 1.54) is 0 Å². The van der Waals surface area contributed by atoms with Crippen molar-refractivity contribution in [1.82, 2.24) is 0 Å². The summed E-state index contributed by atoms with van der Waals surface area (Å²) >= 11 is 4.96. The Bertz CT molecular complexity index is 625. The summed E-state index contributed by atoms with van der Waals surface area (Å²) in [7, 11) is 0. The van der Waals surface area contributed by atoms with Crippen LogP contribution in [0.4, 0.5) is 14.5 Å². The molecule has 19 heavy (non-hydrogen) atoms. The lowest BCUT2D eigenvalue weighted by molar-refractivity contribution is 0.102. The van der Waals surface area contributed by atoms with E-state index in [0.717, 1.165) is 12.1 Å². The highest BCUT2D eigenvalue weighted by atomic mass is 127. The minimum Gasteiger partial charge on any atom is -0.317 e. The molecule has 0 atom stereocenters. The number of amides is 1.